The fourth-order valence-electron chi connectivity index (χ4n) is 3.51. The Morgan fingerprint density at radius 3 is 2.71 bits per heavy atom. The van der Waals surface area contributed by atoms with E-state index in [9.17, 15) is 4.39 Å². The van der Waals surface area contributed by atoms with E-state index in [1.54, 1.807) is 6.07 Å². The smallest absolute Gasteiger partial charge is 0.123 e. The van der Waals surface area contributed by atoms with Crippen molar-refractivity contribution < 1.29 is 4.39 Å². The van der Waals surface area contributed by atoms with Crippen molar-refractivity contribution in [3.63, 3.8) is 0 Å². The van der Waals surface area contributed by atoms with Crippen LogP contribution in [0.5, 0.6) is 0 Å². The second-order valence-corrected chi connectivity index (χ2v) is 6.34. The number of nitrogens with zero attached hydrogens (tertiary/aromatic N) is 1. The number of fused-ring (bicyclic) bond motifs is 1. The predicted octanol–water partition coefficient (Wildman–Crippen LogP) is 4.53. The summed E-state index contributed by atoms with van der Waals surface area (Å²) in [4.78, 5) is 5.86. The molecule has 1 aromatic heterocycles. The van der Waals surface area contributed by atoms with Crippen molar-refractivity contribution in [1.82, 2.24) is 9.88 Å². The van der Waals surface area contributed by atoms with Crippen LogP contribution in [-0.4, -0.2) is 29.5 Å². The molecule has 1 aliphatic carbocycles. The predicted molar refractivity (Wildman–Crippen MR) is 86.1 cm³/mol. The van der Waals surface area contributed by atoms with Crippen molar-refractivity contribution in [3.8, 4) is 0 Å². The van der Waals surface area contributed by atoms with E-state index in [4.69, 9.17) is 0 Å². The average Bonchev–Trinajstić information content (AvgIpc) is 3.09. The highest BCUT2D eigenvalue weighted by Crippen LogP contribution is 2.49. The molecule has 1 saturated carbocycles. The van der Waals surface area contributed by atoms with Crippen molar-refractivity contribution in [2.75, 3.05) is 19.6 Å². The van der Waals surface area contributed by atoms with Crippen molar-refractivity contribution in [2.45, 2.75) is 39.0 Å². The van der Waals surface area contributed by atoms with Crippen LogP contribution >= 0.6 is 0 Å². The SMILES string of the molecule is CCCN(CCC)C[C@@H]1C[C@H]1c1c[nH]c2ccc(F)cc12. The van der Waals surface area contributed by atoms with Gasteiger partial charge in [0.15, 0.2) is 0 Å². The number of aromatic amines is 1. The highest BCUT2D eigenvalue weighted by Gasteiger charge is 2.40. The summed E-state index contributed by atoms with van der Waals surface area (Å²) in [5.41, 5.74) is 2.36. The third-order valence-electron chi connectivity index (χ3n) is 4.57. The monoisotopic (exact) mass is 288 g/mol. The molecule has 0 bridgehead atoms. The molecule has 1 aromatic carbocycles. The molecule has 3 rings (SSSR count). The minimum Gasteiger partial charge on any atom is -0.361 e. The fraction of sp³-hybridized carbons (Fsp3) is 0.556. The second-order valence-electron chi connectivity index (χ2n) is 6.34. The molecule has 1 fully saturated rings. The maximum absolute atomic E-state index is 13.5. The van der Waals surface area contributed by atoms with Gasteiger partial charge in [-0.3, -0.25) is 0 Å². The number of nitrogens with one attached hydrogen (secondary N) is 1. The van der Waals surface area contributed by atoms with Gasteiger partial charge >= 0.3 is 0 Å². The number of halogens is 1. The zero-order chi connectivity index (χ0) is 14.8. The molecular weight excluding hydrogens is 263 g/mol. The first-order valence-electron chi connectivity index (χ1n) is 8.21. The summed E-state index contributed by atoms with van der Waals surface area (Å²) in [7, 11) is 0. The van der Waals surface area contributed by atoms with Gasteiger partial charge in [-0.25, -0.2) is 4.39 Å². The molecule has 0 aliphatic heterocycles. The standard InChI is InChI=1S/C18H25FN2/c1-3-7-21(8-4-2)12-13-9-15(13)17-11-20-18-6-5-14(19)10-16(17)18/h5-6,10-11,13,15,20H,3-4,7-9,12H2,1-2H3/t13-,15+/m0/s1. The van der Waals surface area contributed by atoms with Crippen LogP contribution < -0.4 is 0 Å². The van der Waals surface area contributed by atoms with Crippen LogP contribution in [0.2, 0.25) is 0 Å². The Bertz CT molecular complexity index is 598. The molecule has 2 atom stereocenters. The van der Waals surface area contributed by atoms with E-state index in [0.717, 1.165) is 16.8 Å². The lowest BCUT2D eigenvalue weighted by Gasteiger charge is -2.20. The van der Waals surface area contributed by atoms with E-state index >= 15 is 0 Å². The second kappa shape index (κ2) is 6.18. The highest BCUT2D eigenvalue weighted by atomic mass is 19.1. The molecule has 1 N–H and O–H groups in total. The average molecular weight is 288 g/mol. The zero-order valence-corrected chi connectivity index (χ0v) is 13.0. The Morgan fingerprint density at radius 2 is 2.00 bits per heavy atom. The summed E-state index contributed by atoms with van der Waals surface area (Å²) in [6.07, 6.45) is 5.76. The van der Waals surface area contributed by atoms with Crippen LogP contribution in [0.3, 0.4) is 0 Å². The number of hydrogen-bond acceptors (Lipinski definition) is 1. The number of aromatic nitrogens is 1. The molecule has 1 heterocycles. The first-order chi connectivity index (χ1) is 10.2. The Kier molecular flexibility index (Phi) is 4.29. The Balaban J connectivity index is 1.70. The van der Waals surface area contributed by atoms with Crippen LogP contribution in [0, 0.1) is 11.7 Å². The number of hydrogen-bond donors (Lipinski definition) is 1. The molecule has 21 heavy (non-hydrogen) atoms. The molecule has 0 spiro atoms. The lowest BCUT2D eigenvalue weighted by Crippen LogP contribution is -2.27. The van der Waals surface area contributed by atoms with Gasteiger partial charge in [-0.1, -0.05) is 13.8 Å². The molecule has 0 radical (unpaired) electrons. The van der Waals surface area contributed by atoms with Crippen molar-refractivity contribution in [3.05, 3.63) is 35.8 Å². The van der Waals surface area contributed by atoms with Gasteiger partial charge < -0.3 is 9.88 Å². The van der Waals surface area contributed by atoms with E-state index in [1.807, 2.05) is 6.07 Å². The van der Waals surface area contributed by atoms with Gasteiger partial charge in [-0.2, -0.15) is 0 Å². The van der Waals surface area contributed by atoms with Gasteiger partial charge in [0, 0.05) is 23.6 Å². The Morgan fingerprint density at radius 1 is 1.24 bits per heavy atom. The molecule has 3 heteroatoms. The van der Waals surface area contributed by atoms with E-state index in [1.165, 1.54) is 50.5 Å². The third kappa shape index (κ3) is 3.13. The topological polar surface area (TPSA) is 19.0 Å². The van der Waals surface area contributed by atoms with Crippen molar-refractivity contribution in [2.24, 2.45) is 5.92 Å². The van der Waals surface area contributed by atoms with Gasteiger partial charge in [0.1, 0.15) is 5.82 Å². The van der Waals surface area contributed by atoms with Crippen LogP contribution in [0.15, 0.2) is 24.4 Å². The van der Waals surface area contributed by atoms with Crippen LogP contribution in [-0.2, 0) is 0 Å². The molecule has 114 valence electrons. The molecule has 0 amide bonds. The lowest BCUT2D eigenvalue weighted by atomic mass is 10.1. The van der Waals surface area contributed by atoms with Gasteiger partial charge in [-0.05, 0) is 68.0 Å². The minimum atomic E-state index is -0.140. The fourth-order valence-corrected chi connectivity index (χ4v) is 3.51. The highest BCUT2D eigenvalue weighted by molar-refractivity contribution is 5.84. The quantitative estimate of drug-likeness (QED) is 0.793. The van der Waals surface area contributed by atoms with Crippen molar-refractivity contribution >= 4 is 10.9 Å². The van der Waals surface area contributed by atoms with E-state index in [0.29, 0.717) is 5.92 Å². The number of H-pyrrole nitrogens is 1. The van der Waals surface area contributed by atoms with E-state index in [-0.39, 0.29) is 5.82 Å². The third-order valence-corrected chi connectivity index (χ3v) is 4.57. The molecule has 2 aromatic rings. The number of rotatable bonds is 7. The summed E-state index contributed by atoms with van der Waals surface area (Å²) >= 11 is 0. The van der Waals surface area contributed by atoms with Crippen LogP contribution in [0.1, 0.15) is 44.6 Å². The summed E-state index contributed by atoms with van der Waals surface area (Å²) in [6.45, 7) is 8.07. The van der Waals surface area contributed by atoms with Gasteiger partial charge in [0.05, 0.1) is 0 Å². The van der Waals surface area contributed by atoms with Crippen LogP contribution in [0.4, 0.5) is 4.39 Å². The molecule has 0 saturated heterocycles. The summed E-state index contributed by atoms with van der Waals surface area (Å²) in [6, 6.07) is 5.04. The molecule has 1 aliphatic rings. The summed E-state index contributed by atoms with van der Waals surface area (Å²) < 4.78 is 13.5. The molecular formula is C18H25FN2. The zero-order valence-electron chi connectivity index (χ0n) is 13.0. The maximum Gasteiger partial charge on any atom is 0.123 e. The summed E-state index contributed by atoms with van der Waals surface area (Å²) in [5, 5.41) is 1.07. The Labute approximate surface area is 126 Å². The Hall–Kier alpha value is -1.35. The molecule has 2 nitrogen and oxygen atoms in total. The first kappa shape index (κ1) is 14.6. The lowest BCUT2D eigenvalue weighted by molar-refractivity contribution is 0.262. The van der Waals surface area contributed by atoms with Crippen molar-refractivity contribution in [1.29, 1.82) is 0 Å². The van der Waals surface area contributed by atoms with Gasteiger partial charge in [-0.15, -0.1) is 0 Å². The largest absolute Gasteiger partial charge is 0.361 e. The summed E-state index contributed by atoms with van der Waals surface area (Å²) in [5.74, 6) is 1.21. The normalized spacial score (nSPS) is 21.3. The minimum absolute atomic E-state index is 0.140. The number of benzene rings is 1. The maximum atomic E-state index is 13.5. The van der Waals surface area contributed by atoms with E-state index in [2.05, 4.69) is 29.9 Å². The first-order valence-corrected chi connectivity index (χ1v) is 8.21. The van der Waals surface area contributed by atoms with Gasteiger partial charge in [0.25, 0.3) is 0 Å². The molecule has 0 unspecified atom stereocenters. The van der Waals surface area contributed by atoms with Crippen LogP contribution in [0.25, 0.3) is 10.9 Å². The van der Waals surface area contributed by atoms with Gasteiger partial charge in [0.2, 0.25) is 0 Å². The van der Waals surface area contributed by atoms with E-state index < -0.39 is 0 Å².